The molecule has 0 unspecified atom stereocenters. The topological polar surface area (TPSA) is 96.2 Å². The van der Waals surface area contributed by atoms with Gasteiger partial charge < -0.3 is 16.2 Å². The average Bonchev–Trinajstić information content (AvgIpc) is 3.12. The summed E-state index contributed by atoms with van der Waals surface area (Å²) < 4.78 is 43.0. The number of carbonyl (C=O) groups is 1. The third-order valence-electron chi connectivity index (χ3n) is 4.31. The molecular weight excluding hydrogens is 385 g/mol. The number of hydrogen-bond donors (Lipinski definition) is 2. The second kappa shape index (κ2) is 8.95. The predicted octanol–water partition coefficient (Wildman–Crippen LogP) is 4.52. The van der Waals surface area contributed by atoms with E-state index >= 15 is 0 Å². The van der Waals surface area contributed by atoms with Crippen molar-refractivity contribution < 1.29 is 22.7 Å². The summed E-state index contributed by atoms with van der Waals surface area (Å²) in [7, 11) is 1.31. The second-order valence-corrected chi connectivity index (χ2v) is 6.58. The summed E-state index contributed by atoms with van der Waals surface area (Å²) in [5, 5.41) is 4.64. The molecule has 2 aromatic carbocycles. The van der Waals surface area contributed by atoms with Crippen LogP contribution >= 0.6 is 0 Å². The maximum atomic E-state index is 12.4. The Morgan fingerprint density at radius 1 is 1.24 bits per heavy atom. The number of nitrogen functional groups attached to an aromatic ring is 1. The fourth-order valence-corrected chi connectivity index (χ4v) is 2.80. The number of hydrogen-bond acceptors (Lipinski definition) is 5. The molecule has 4 N–H and O–H groups in total. The van der Waals surface area contributed by atoms with E-state index in [9.17, 15) is 18.0 Å². The van der Waals surface area contributed by atoms with E-state index in [-0.39, 0.29) is 12.5 Å². The molecule has 29 heavy (non-hydrogen) atoms. The summed E-state index contributed by atoms with van der Waals surface area (Å²) in [5.74, 6) is 0.0471. The number of aromatic nitrogens is 2. The zero-order valence-corrected chi connectivity index (χ0v) is 16.3. The van der Waals surface area contributed by atoms with Crippen molar-refractivity contribution in [3.8, 4) is 0 Å². The number of alkyl halides is 3. The molecule has 0 amide bonds. The highest BCUT2D eigenvalue weighted by Gasteiger charge is 2.31. The first kappa shape index (κ1) is 22.2. The number of nitrogens with zero attached hydrogens (tertiary/aromatic N) is 2. The van der Waals surface area contributed by atoms with Crippen LogP contribution in [0.25, 0.3) is 10.9 Å². The third-order valence-corrected chi connectivity index (χ3v) is 4.31. The second-order valence-electron chi connectivity index (χ2n) is 6.58. The van der Waals surface area contributed by atoms with Gasteiger partial charge in [-0.05, 0) is 41.3 Å². The number of halogens is 3. The van der Waals surface area contributed by atoms with Gasteiger partial charge in [0.15, 0.2) is 0 Å². The molecule has 156 valence electrons. The molecule has 0 bridgehead atoms. The van der Waals surface area contributed by atoms with Gasteiger partial charge in [-0.2, -0.15) is 23.0 Å². The van der Waals surface area contributed by atoms with E-state index in [2.05, 4.69) is 9.84 Å². The van der Waals surface area contributed by atoms with Gasteiger partial charge >= 0.3 is 12.3 Å². The molecule has 3 rings (SSSR count). The fraction of sp³-hybridized carbons (Fsp3) is 0.300. The van der Waals surface area contributed by atoms with Crippen molar-refractivity contribution >= 4 is 22.7 Å². The number of ether oxygens (including phenoxy) is 1. The standard InChI is InChI=1S/C11H14F3N.C9H9N3O2/c1-7(2)10-5-9(11(12,13)14)4-3-8(10)6-15;1-14-9(13)12-8-4-2-3-7(10)6(8)5-11-12/h3-5,7H,6,15H2,1-2H3;2-5H,10H2,1H3. The van der Waals surface area contributed by atoms with Crippen molar-refractivity contribution in [1.29, 1.82) is 0 Å². The molecule has 0 aliphatic rings. The minimum Gasteiger partial charge on any atom is -0.451 e. The van der Waals surface area contributed by atoms with Crippen molar-refractivity contribution in [2.45, 2.75) is 32.5 Å². The smallest absolute Gasteiger partial charge is 0.434 e. The van der Waals surface area contributed by atoms with Crippen molar-refractivity contribution in [1.82, 2.24) is 9.78 Å². The first-order valence-electron chi connectivity index (χ1n) is 8.80. The molecule has 0 spiro atoms. The van der Waals surface area contributed by atoms with Crippen LogP contribution in [0.2, 0.25) is 0 Å². The molecule has 0 saturated carbocycles. The molecule has 1 aromatic heterocycles. The van der Waals surface area contributed by atoms with E-state index in [1.54, 1.807) is 24.4 Å². The van der Waals surface area contributed by atoms with Crippen molar-refractivity contribution in [3.05, 3.63) is 59.3 Å². The van der Waals surface area contributed by atoms with E-state index < -0.39 is 17.8 Å². The lowest BCUT2D eigenvalue weighted by Gasteiger charge is -2.14. The molecule has 0 aliphatic carbocycles. The van der Waals surface area contributed by atoms with Gasteiger partial charge in [-0.15, -0.1) is 0 Å². The van der Waals surface area contributed by atoms with Gasteiger partial charge in [-0.25, -0.2) is 4.79 Å². The number of fused-ring (bicyclic) bond motifs is 1. The highest BCUT2D eigenvalue weighted by atomic mass is 19.4. The van der Waals surface area contributed by atoms with Crippen LogP contribution in [0.4, 0.5) is 23.7 Å². The molecule has 0 fully saturated rings. The molecular formula is C20H23F3N4O2. The fourth-order valence-electron chi connectivity index (χ4n) is 2.80. The molecule has 0 radical (unpaired) electrons. The molecule has 6 nitrogen and oxygen atoms in total. The lowest BCUT2D eigenvalue weighted by Crippen LogP contribution is -2.12. The lowest BCUT2D eigenvalue weighted by molar-refractivity contribution is -0.137. The third kappa shape index (κ3) is 5.05. The van der Waals surface area contributed by atoms with Gasteiger partial charge in [-0.1, -0.05) is 26.0 Å². The first-order chi connectivity index (χ1) is 13.6. The number of benzene rings is 2. The minimum atomic E-state index is -4.28. The summed E-state index contributed by atoms with van der Waals surface area (Å²) in [6.07, 6.45) is -3.26. The summed E-state index contributed by atoms with van der Waals surface area (Å²) in [6, 6.07) is 9.00. The summed E-state index contributed by atoms with van der Waals surface area (Å²) >= 11 is 0. The number of rotatable bonds is 2. The molecule has 1 heterocycles. The largest absolute Gasteiger partial charge is 0.451 e. The summed E-state index contributed by atoms with van der Waals surface area (Å²) in [5.41, 5.74) is 13.3. The van der Waals surface area contributed by atoms with Crippen LogP contribution in [0, 0.1) is 0 Å². The molecule has 9 heteroatoms. The number of anilines is 1. The summed E-state index contributed by atoms with van der Waals surface area (Å²) in [4.78, 5) is 11.2. The van der Waals surface area contributed by atoms with Crippen LogP contribution in [0.5, 0.6) is 0 Å². The maximum absolute atomic E-state index is 12.4. The van der Waals surface area contributed by atoms with E-state index in [1.807, 2.05) is 13.8 Å². The van der Waals surface area contributed by atoms with Crippen molar-refractivity contribution in [2.75, 3.05) is 12.8 Å². The van der Waals surface area contributed by atoms with Gasteiger partial charge in [0, 0.05) is 17.6 Å². The Hall–Kier alpha value is -3.07. The normalized spacial score (nSPS) is 11.3. The quantitative estimate of drug-likeness (QED) is 0.608. The van der Waals surface area contributed by atoms with E-state index in [1.165, 1.54) is 23.9 Å². The average molecular weight is 408 g/mol. The van der Waals surface area contributed by atoms with Crippen LogP contribution in [-0.2, 0) is 17.5 Å². The van der Waals surface area contributed by atoms with Crippen molar-refractivity contribution in [2.24, 2.45) is 5.73 Å². The van der Waals surface area contributed by atoms with E-state index in [0.717, 1.165) is 17.0 Å². The SMILES string of the molecule is CC(C)c1cc(C(F)(F)F)ccc1CN.COC(=O)n1ncc2c(N)cccc21. The van der Waals surface area contributed by atoms with Crippen LogP contribution in [0.3, 0.4) is 0 Å². The van der Waals surface area contributed by atoms with Gasteiger partial charge in [0.2, 0.25) is 0 Å². The molecule has 3 aromatic rings. The number of carbonyl (C=O) groups excluding carboxylic acids is 1. The number of methoxy groups -OCH3 is 1. The lowest BCUT2D eigenvalue weighted by atomic mass is 9.95. The van der Waals surface area contributed by atoms with Crippen LogP contribution in [0.15, 0.2) is 42.6 Å². The Labute approximate surface area is 166 Å². The zero-order chi connectivity index (χ0) is 21.8. The molecule has 0 aliphatic heterocycles. The molecule has 0 atom stereocenters. The monoisotopic (exact) mass is 408 g/mol. The molecule has 0 saturated heterocycles. The summed E-state index contributed by atoms with van der Waals surface area (Å²) in [6.45, 7) is 3.98. The van der Waals surface area contributed by atoms with Gasteiger partial charge in [-0.3, -0.25) is 0 Å². The number of nitrogens with two attached hydrogens (primary N) is 2. The Morgan fingerprint density at radius 2 is 1.93 bits per heavy atom. The first-order valence-corrected chi connectivity index (χ1v) is 8.80. The Bertz CT molecular complexity index is 997. The van der Waals surface area contributed by atoms with Crippen LogP contribution < -0.4 is 11.5 Å². The van der Waals surface area contributed by atoms with Gasteiger partial charge in [0.25, 0.3) is 0 Å². The zero-order valence-electron chi connectivity index (χ0n) is 16.3. The Balaban J connectivity index is 0.000000207. The predicted molar refractivity (Wildman–Crippen MR) is 105 cm³/mol. The Kier molecular flexibility index (Phi) is 6.86. The Morgan fingerprint density at radius 3 is 2.48 bits per heavy atom. The van der Waals surface area contributed by atoms with E-state index in [0.29, 0.717) is 16.8 Å². The highest BCUT2D eigenvalue weighted by Crippen LogP contribution is 2.32. The van der Waals surface area contributed by atoms with Crippen molar-refractivity contribution in [3.63, 3.8) is 0 Å². The van der Waals surface area contributed by atoms with Crippen LogP contribution in [0.1, 0.15) is 36.5 Å². The minimum absolute atomic E-state index is 0.0471. The van der Waals surface area contributed by atoms with Gasteiger partial charge in [0.1, 0.15) is 0 Å². The van der Waals surface area contributed by atoms with E-state index in [4.69, 9.17) is 11.5 Å². The van der Waals surface area contributed by atoms with Gasteiger partial charge in [0.05, 0.1) is 24.4 Å². The maximum Gasteiger partial charge on any atom is 0.434 e. The van der Waals surface area contributed by atoms with Crippen LogP contribution in [-0.4, -0.2) is 23.0 Å². The highest BCUT2D eigenvalue weighted by molar-refractivity contribution is 5.94.